The van der Waals surface area contributed by atoms with Crippen LogP contribution in [0.25, 0.3) is 110 Å². The fourth-order valence-electron chi connectivity index (χ4n) is 13.8. The van der Waals surface area contributed by atoms with Gasteiger partial charge in [0.1, 0.15) is 66.4 Å². The van der Waals surface area contributed by atoms with Crippen LogP contribution in [0.15, 0.2) is 181 Å². The number of nitrogens with two attached hydrogens (primary N) is 4. The van der Waals surface area contributed by atoms with E-state index in [0.717, 1.165) is 138 Å². The van der Waals surface area contributed by atoms with Gasteiger partial charge >= 0.3 is 12.3 Å². The Hall–Kier alpha value is -13.3. The summed E-state index contributed by atoms with van der Waals surface area (Å²) in [5.74, 6) is -0.527. The molecule has 0 fully saturated rings. The molecular formula is C96H117BrClF3N26O11SSi4. The van der Waals surface area contributed by atoms with Gasteiger partial charge in [0, 0.05) is 191 Å². The smallest absolute Gasteiger partial charge is 0.432 e. The molecule has 0 aliphatic carbocycles. The minimum absolute atomic E-state index is 0. The fraction of sp³-hybridized carbons (Fsp3) is 0.333. The monoisotopic (exact) mass is 2120 g/mol. The van der Waals surface area contributed by atoms with Crippen LogP contribution in [0.2, 0.25) is 103 Å². The number of nitrogens with one attached hydrogen (secondary N) is 4. The van der Waals surface area contributed by atoms with Crippen molar-refractivity contribution in [1.82, 2.24) is 89.8 Å². The number of nitro groups is 2. The lowest BCUT2D eigenvalue weighted by molar-refractivity contribution is -0.385. The van der Waals surface area contributed by atoms with E-state index in [2.05, 4.69) is 172 Å². The molecule has 5 aromatic carbocycles. The number of nitrogen functional groups attached to an aromatic ring is 2. The van der Waals surface area contributed by atoms with E-state index in [0.29, 0.717) is 101 Å². The molecule has 0 aliphatic rings. The molecular weight excluding hydrogens is 2010 g/mol. The Morgan fingerprint density at radius 1 is 0.524 bits per heavy atom. The van der Waals surface area contributed by atoms with Gasteiger partial charge in [-0.05, 0) is 146 Å². The quantitative estimate of drug-likeness (QED) is 0.00622. The summed E-state index contributed by atoms with van der Waals surface area (Å²) in [6, 6.07) is 39.8. The van der Waals surface area contributed by atoms with Gasteiger partial charge in [-0.2, -0.15) is 49.0 Å². The van der Waals surface area contributed by atoms with Crippen molar-refractivity contribution in [2.45, 2.75) is 182 Å². The lowest BCUT2D eigenvalue weighted by atomic mass is 10.0. The van der Waals surface area contributed by atoms with E-state index in [1.807, 2.05) is 114 Å². The molecule has 16 aromatic rings. The number of ether oxygens (including phenoxy) is 5. The molecule has 754 valence electrons. The highest BCUT2D eigenvalue weighted by molar-refractivity contribution is 9.10. The van der Waals surface area contributed by atoms with Crippen molar-refractivity contribution in [3.05, 3.63) is 235 Å². The summed E-state index contributed by atoms with van der Waals surface area (Å²) in [5.41, 5.74) is 37.0. The first-order valence-electron chi connectivity index (χ1n) is 45.4. The van der Waals surface area contributed by atoms with Crippen LogP contribution in [-0.4, -0.2) is 171 Å². The van der Waals surface area contributed by atoms with Crippen molar-refractivity contribution in [1.29, 1.82) is 5.26 Å². The molecule has 0 radical (unpaired) electrons. The van der Waals surface area contributed by atoms with Gasteiger partial charge in [-0.25, -0.2) is 33.5 Å². The molecule has 12 N–H and O–H groups in total. The summed E-state index contributed by atoms with van der Waals surface area (Å²) >= 11 is 4.22. The highest BCUT2D eigenvalue weighted by atomic mass is 79.9. The van der Waals surface area contributed by atoms with Crippen molar-refractivity contribution in [2.75, 3.05) is 43.2 Å². The fourth-order valence-corrected chi connectivity index (χ4v) is 18.1. The molecule has 0 atom stereocenters. The van der Waals surface area contributed by atoms with E-state index >= 15 is 0 Å². The van der Waals surface area contributed by atoms with Gasteiger partial charge in [0.25, 0.3) is 17.3 Å². The number of H-pyrrole nitrogens is 2. The van der Waals surface area contributed by atoms with E-state index in [9.17, 15) is 43.0 Å². The van der Waals surface area contributed by atoms with Crippen molar-refractivity contribution >= 4 is 167 Å². The number of pyridine rings is 4. The molecule has 0 bridgehead atoms. The summed E-state index contributed by atoms with van der Waals surface area (Å²) < 4.78 is 74.2. The van der Waals surface area contributed by atoms with E-state index in [4.69, 9.17) is 51.9 Å². The van der Waals surface area contributed by atoms with E-state index < -0.39 is 71.6 Å². The number of alkyl halides is 3. The Morgan fingerprint density at radius 2 is 0.937 bits per heavy atom. The molecule has 11 aromatic heterocycles. The zero-order valence-electron chi connectivity index (χ0n) is 82.0. The van der Waals surface area contributed by atoms with Gasteiger partial charge in [-0.1, -0.05) is 96.8 Å². The molecule has 0 spiro atoms. The summed E-state index contributed by atoms with van der Waals surface area (Å²) in [4.78, 5) is 67.9. The number of nitriles is 1. The zero-order chi connectivity index (χ0) is 103. The normalized spacial score (nSPS) is 11.8. The minimum Gasteiger partial charge on any atom is -0.444 e. The maximum Gasteiger partial charge on any atom is 0.432 e. The molecule has 16 rings (SSSR count). The number of rotatable bonds is 33. The van der Waals surface area contributed by atoms with E-state index in [1.54, 1.807) is 76.7 Å². The van der Waals surface area contributed by atoms with Crippen molar-refractivity contribution in [3.63, 3.8) is 0 Å². The number of carbonyl (C=O) groups is 2. The number of hydrogen-bond acceptors (Lipinski definition) is 28. The Balaban J connectivity index is 0.000000172. The standard InChI is InChI=1S/C24H35N5O3Si.C21H15F3N8OS.C19H21N5O3Si.C19H27N5OSi.C13H18BrN3O3Si.ClH/c1-24(2,3)32-23(30)27-15-19-8-7-17(13-26-19)20-11-18-14-28-29(22(18)12-21(20)25)16-31-9-10-33(4,5)6;22-21(23,24)18-5-16(31-32-18)20-29-17(9-34-20)19(33)28-15-4-14-11(8-27-30-14)3-13(15)10-1-2-12(6-25)26-7-10;1-28(2,3)7-6-27-13-23-18-9-19(24(25)26)17(8-15(18)12-22-23)14-4-5-16(10-20)21-11-14;1-26(2,3)7-6-25-13-24-19-9-18(21)17(8-15(19)12-23-24)14-4-5-16(10-20)22-11-14;1-21(2,3)5-4-20-9-16-12-7-13(17(18)19)11(14)6-10(12)8-15-16;/h7-8,11-14H,9-10,15-16,25H2,1-6H3,(H,27,30);1-5,7-9H,6,25H2,(H,27,30)(H,28,33)(H,31,32);4-5,8-9,11-12H,6-7,13H2,1-3H3;4-5,8-9,11-12H,6-7,10,13,20-21H2,1-3H3;6-8H,4-5,9H2,1-3H3;1H. The lowest BCUT2D eigenvalue weighted by Crippen LogP contribution is -2.32. The van der Waals surface area contributed by atoms with Crippen molar-refractivity contribution < 1.29 is 56.3 Å². The number of nitrogens with zero attached hydrogens (tertiary/aromatic N) is 18. The maximum atomic E-state index is 12.9. The Morgan fingerprint density at radius 3 is 1.34 bits per heavy atom. The molecule has 47 heteroatoms. The average Bonchev–Trinajstić information content (AvgIpc) is 1.69. The van der Waals surface area contributed by atoms with Crippen LogP contribution < -0.4 is 33.6 Å². The summed E-state index contributed by atoms with van der Waals surface area (Å²) in [7, 11) is -4.49. The number of nitro benzene ring substituents is 2. The average molecular weight is 2130 g/mol. The molecule has 0 unspecified atom stereocenters. The number of aromatic nitrogens is 17. The highest BCUT2D eigenvalue weighted by Crippen LogP contribution is 2.39. The van der Waals surface area contributed by atoms with Crippen LogP contribution in [-0.2, 0) is 76.4 Å². The number of benzene rings is 5. The van der Waals surface area contributed by atoms with E-state index in [-0.39, 0.29) is 59.1 Å². The predicted octanol–water partition coefficient (Wildman–Crippen LogP) is 21.3. The van der Waals surface area contributed by atoms with E-state index in [1.165, 1.54) is 23.7 Å². The first-order valence-corrected chi connectivity index (χ1v) is 61.9. The third-order valence-corrected chi connectivity index (χ3v) is 30.1. The molecule has 2 amide bonds. The second kappa shape index (κ2) is 48.2. The summed E-state index contributed by atoms with van der Waals surface area (Å²) in [6.07, 6.45) is 10.4. The summed E-state index contributed by atoms with van der Waals surface area (Å²) in [5, 5.41) is 73.1. The van der Waals surface area contributed by atoms with Crippen LogP contribution in [0.4, 0.5) is 46.4 Å². The number of thiazole rings is 1. The Kier molecular flexibility index (Phi) is 37.1. The second-order valence-electron chi connectivity index (χ2n) is 39.2. The Labute approximate surface area is 845 Å². The van der Waals surface area contributed by atoms with Crippen molar-refractivity contribution in [3.8, 4) is 61.3 Å². The van der Waals surface area contributed by atoms with Crippen LogP contribution >= 0.6 is 39.7 Å². The topological polar surface area (TPSA) is 512 Å². The first kappa shape index (κ1) is 110. The van der Waals surface area contributed by atoms with Crippen LogP contribution in [0.3, 0.4) is 0 Å². The number of halogens is 5. The summed E-state index contributed by atoms with van der Waals surface area (Å²) in [6.45, 7) is 38.5. The van der Waals surface area contributed by atoms with Crippen LogP contribution in [0, 0.1) is 31.6 Å². The molecule has 0 saturated carbocycles. The number of hydrogen-bond donors (Lipinski definition) is 8. The lowest BCUT2D eigenvalue weighted by Gasteiger charge is -2.19. The van der Waals surface area contributed by atoms with Crippen LogP contribution in [0.1, 0.15) is 59.7 Å². The molecule has 0 aliphatic heterocycles. The zero-order valence-corrected chi connectivity index (χ0v) is 89.2. The SMILES string of the molecule is CC(C)(C)OC(=O)NCc1ccc(-c2cc3cnn(COCC[Si](C)(C)C)c3cc2N)cn1.C[Si](C)(C)CCOCn1ncc2cc(-c3ccc(C#N)nc3)c([N+](=O)[O-])cc21.C[Si](C)(C)CCOCn1ncc2cc(-c3ccc(CN)nc3)c(N)cc21.C[Si](C)(C)CCOCn1ncc2cc(Br)c([N+](=O)[O-])cc21.Cl.NCc1ccc(-c2cc3cn[nH]c3cc2NC(=O)c2csc(-c3cc(C(F)(F)F)[nH]n3)n2)cn1. The van der Waals surface area contributed by atoms with Gasteiger partial charge in [-0.15, -0.1) is 23.7 Å². The number of anilines is 3. The van der Waals surface area contributed by atoms with Gasteiger partial charge in [0.2, 0.25) is 0 Å². The minimum atomic E-state index is -4.55. The number of aromatic amines is 2. The third kappa shape index (κ3) is 31.4. The number of amides is 2. The predicted molar refractivity (Wildman–Crippen MR) is 568 cm³/mol. The molecule has 37 nitrogen and oxygen atoms in total. The molecule has 143 heavy (non-hydrogen) atoms. The van der Waals surface area contributed by atoms with Gasteiger partial charge < -0.3 is 57.3 Å². The number of carbonyl (C=O) groups excluding carboxylic acids is 2. The van der Waals surface area contributed by atoms with Crippen molar-refractivity contribution in [2.24, 2.45) is 11.5 Å². The largest absolute Gasteiger partial charge is 0.444 e. The molecule has 11 heterocycles. The highest BCUT2D eigenvalue weighted by Gasteiger charge is 2.34. The third-order valence-electron chi connectivity index (χ3n) is 21.8. The second-order valence-corrected chi connectivity index (χ2v) is 63.4. The Bertz CT molecular complexity index is 7130. The van der Waals surface area contributed by atoms with Crippen LogP contribution in [0.5, 0.6) is 0 Å². The van der Waals surface area contributed by atoms with Gasteiger partial charge in [0.15, 0.2) is 0 Å². The van der Waals surface area contributed by atoms with Gasteiger partial charge in [-0.3, -0.25) is 50.2 Å². The van der Waals surface area contributed by atoms with Gasteiger partial charge in [0.05, 0.1) is 108 Å². The maximum absolute atomic E-state index is 12.9. The number of alkyl carbamates (subject to hydrolysis) is 1. The number of fused-ring (bicyclic) bond motifs is 5. The first-order chi connectivity index (χ1) is 67.2. The molecule has 0 saturated heterocycles.